The van der Waals surface area contributed by atoms with Crippen molar-refractivity contribution in [2.45, 2.75) is 31.6 Å². The summed E-state index contributed by atoms with van der Waals surface area (Å²) in [6.45, 7) is 2.68. The maximum absolute atomic E-state index is 12.3. The maximum atomic E-state index is 12.3. The number of hydrogen-bond acceptors (Lipinski definition) is 3. The number of aliphatic carboxylic acids is 1. The number of carbonyl (C=O) groups is 2. The number of hydrogen-bond donors (Lipinski definition) is 2. The summed E-state index contributed by atoms with van der Waals surface area (Å²) in [7, 11) is 0. The van der Waals surface area contributed by atoms with E-state index in [-0.39, 0.29) is 18.2 Å². The van der Waals surface area contributed by atoms with Crippen molar-refractivity contribution in [1.29, 1.82) is 0 Å². The summed E-state index contributed by atoms with van der Waals surface area (Å²) in [5.74, 6) is -0.402. The predicted octanol–water partition coefficient (Wildman–Crippen LogP) is 2.95. The van der Waals surface area contributed by atoms with Crippen molar-refractivity contribution >= 4 is 29.2 Å². The first-order valence-corrected chi connectivity index (χ1v) is 8.47. The summed E-state index contributed by atoms with van der Waals surface area (Å²) in [5.41, 5.74) is 1.90. The van der Waals surface area contributed by atoms with Crippen molar-refractivity contribution in [2.75, 3.05) is 25.0 Å². The minimum absolute atomic E-state index is 0.0755. The van der Waals surface area contributed by atoms with Gasteiger partial charge in [0.2, 0.25) is 5.91 Å². The third kappa shape index (κ3) is 3.67. The van der Waals surface area contributed by atoms with Crippen LogP contribution in [0.1, 0.15) is 37.2 Å². The lowest BCUT2D eigenvalue weighted by atomic mass is 9.81. The van der Waals surface area contributed by atoms with Gasteiger partial charge < -0.3 is 15.3 Å². The highest BCUT2D eigenvalue weighted by Crippen LogP contribution is 2.42. The smallest absolute Gasteiger partial charge is 0.303 e. The lowest BCUT2D eigenvalue weighted by Crippen LogP contribution is -2.37. The van der Waals surface area contributed by atoms with Gasteiger partial charge in [0.05, 0.1) is 5.92 Å². The molecule has 1 atom stereocenters. The van der Waals surface area contributed by atoms with E-state index in [4.69, 9.17) is 16.7 Å². The fourth-order valence-electron chi connectivity index (χ4n) is 3.69. The highest BCUT2D eigenvalue weighted by atomic mass is 35.5. The Bertz CT molecular complexity index is 612. The maximum Gasteiger partial charge on any atom is 0.303 e. The van der Waals surface area contributed by atoms with E-state index in [9.17, 15) is 9.59 Å². The molecule has 5 nitrogen and oxygen atoms in total. The van der Waals surface area contributed by atoms with E-state index in [0.717, 1.165) is 43.7 Å². The van der Waals surface area contributed by atoms with Crippen LogP contribution < -0.4 is 5.32 Å². The largest absolute Gasteiger partial charge is 0.481 e. The Morgan fingerprint density at radius 2 is 2.09 bits per heavy atom. The van der Waals surface area contributed by atoms with Gasteiger partial charge in [-0.1, -0.05) is 17.7 Å². The predicted molar refractivity (Wildman–Crippen MR) is 88.9 cm³/mol. The van der Waals surface area contributed by atoms with E-state index in [1.807, 2.05) is 18.2 Å². The van der Waals surface area contributed by atoms with Crippen LogP contribution in [-0.4, -0.2) is 41.5 Å². The number of carbonyl (C=O) groups excluding carboxylic acids is 1. The number of fused-ring (bicyclic) bond motifs is 1. The molecule has 2 aliphatic heterocycles. The molecular weight excluding hydrogens is 316 g/mol. The molecule has 0 saturated carbocycles. The van der Waals surface area contributed by atoms with Crippen molar-refractivity contribution in [3.8, 4) is 0 Å². The molecule has 1 fully saturated rings. The molecule has 124 valence electrons. The highest BCUT2D eigenvalue weighted by Gasteiger charge is 2.38. The zero-order chi connectivity index (χ0) is 16.4. The van der Waals surface area contributed by atoms with Crippen LogP contribution in [0.25, 0.3) is 0 Å². The summed E-state index contributed by atoms with van der Waals surface area (Å²) in [4.78, 5) is 25.2. The second-order valence-electron chi connectivity index (χ2n) is 6.37. The number of benzene rings is 1. The third-order valence-corrected chi connectivity index (χ3v) is 5.09. The highest BCUT2D eigenvalue weighted by molar-refractivity contribution is 6.31. The number of nitrogens with one attached hydrogen (secondary N) is 1. The van der Waals surface area contributed by atoms with Crippen LogP contribution in [-0.2, 0) is 9.59 Å². The normalized spacial score (nSPS) is 22.0. The first-order valence-electron chi connectivity index (χ1n) is 8.09. The molecule has 0 bridgehead atoms. The second kappa shape index (κ2) is 6.89. The molecule has 1 aromatic carbocycles. The topological polar surface area (TPSA) is 69.6 Å². The molecule has 1 unspecified atom stereocenters. The molecule has 1 saturated heterocycles. The Kier molecular flexibility index (Phi) is 4.87. The molecule has 23 heavy (non-hydrogen) atoms. The van der Waals surface area contributed by atoms with E-state index in [2.05, 4.69) is 10.2 Å². The summed E-state index contributed by atoms with van der Waals surface area (Å²) < 4.78 is 0. The Hall–Kier alpha value is -1.59. The number of amides is 1. The molecule has 0 aliphatic carbocycles. The fraction of sp³-hybridized carbons (Fsp3) is 0.529. The van der Waals surface area contributed by atoms with Gasteiger partial charge in [0.25, 0.3) is 0 Å². The lowest BCUT2D eigenvalue weighted by molar-refractivity contribution is -0.137. The van der Waals surface area contributed by atoms with Crippen LogP contribution in [0.15, 0.2) is 18.2 Å². The molecule has 0 aromatic heterocycles. The number of carboxylic acid groups (broad SMARTS) is 1. The van der Waals surface area contributed by atoms with Gasteiger partial charge in [-0.15, -0.1) is 0 Å². The molecule has 0 radical (unpaired) electrons. The molecule has 0 spiro atoms. The van der Waals surface area contributed by atoms with Gasteiger partial charge in [-0.25, -0.2) is 0 Å². The standard InChI is InChI=1S/C17H21ClN2O3/c18-12-3-4-13-14(10-12)19-17(23)16(13)11-5-8-20(9-6-11)7-1-2-15(21)22/h3-4,10-11,16H,1-2,5-9H2,(H,19,23)(H,21,22). The van der Waals surface area contributed by atoms with Crippen molar-refractivity contribution in [3.05, 3.63) is 28.8 Å². The number of nitrogens with zero attached hydrogens (tertiary/aromatic N) is 1. The second-order valence-corrected chi connectivity index (χ2v) is 6.81. The van der Waals surface area contributed by atoms with Crippen molar-refractivity contribution in [2.24, 2.45) is 5.92 Å². The summed E-state index contributed by atoms with van der Waals surface area (Å²) >= 11 is 5.99. The monoisotopic (exact) mass is 336 g/mol. The van der Waals surface area contributed by atoms with Crippen LogP contribution in [0.4, 0.5) is 5.69 Å². The summed E-state index contributed by atoms with van der Waals surface area (Å²) in [6, 6.07) is 5.62. The number of rotatable bonds is 5. The van der Waals surface area contributed by atoms with Crippen molar-refractivity contribution in [3.63, 3.8) is 0 Å². The van der Waals surface area contributed by atoms with Gasteiger partial charge in [0, 0.05) is 17.1 Å². The van der Waals surface area contributed by atoms with E-state index >= 15 is 0 Å². The Balaban J connectivity index is 1.58. The van der Waals surface area contributed by atoms with Gasteiger partial charge in [0.1, 0.15) is 0 Å². The Labute approximate surface area is 140 Å². The van der Waals surface area contributed by atoms with Gasteiger partial charge in [-0.05, 0) is 62.5 Å². The number of carboxylic acids is 1. The molecule has 1 aromatic rings. The summed E-state index contributed by atoms with van der Waals surface area (Å²) in [5, 5.41) is 12.3. The third-order valence-electron chi connectivity index (χ3n) is 4.86. The van der Waals surface area contributed by atoms with Gasteiger partial charge in [-0.2, -0.15) is 0 Å². The SMILES string of the molecule is O=C(O)CCCN1CCC(C2C(=O)Nc3cc(Cl)ccc32)CC1. The molecule has 3 rings (SSSR count). The molecular formula is C17H21ClN2O3. The first-order chi connectivity index (χ1) is 11.0. The number of halogens is 1. The Morgan fingerprint density at radius 1 is 1.35 bits per heavy atom. The number of anilines is 1. The van der Waals surface area contributed by atoms with E-state index in [1.54, 1.807) is 0 Å². The van der Waals surface area contributed by atoms with Gasteiger partial charge in [-0.3, -0.25) is 9.59 Å². The molecule has 2 heterocycles. The zero-order valence-electron chi connectivity index (χ0n) is 12.9. The fourth-order valence-corrected chi connectivity index (χ4v) is 3.86. The minimum Gasteiger partial charge on any atom is -0.481 e. The Morgan fingerprint density at radius 3 is 2.78 bits per heavy atom. The number of likely N-dealkylation sites (tertiary alicyclic amines) is 1. The van der Waals surface area contributed by atoms with E-state index in [0.29, 0.717) is 17.4 Å². The van der Waals surface area contributed by atoms with Crippen LogP contribution in [0, 0.1) is 5.92 Å². The minimum atomic E-state index is -0.738. The van der Waals surface area contributed by atoms with Crippen molar-refractivity contribution < 1.29 is 14.7 Å². The average Bonchev–Trinajstić information content (AvgIpc) is 2.82. The molecule has 6 heteroatoms. The van der Waals surface area contributed by atoms with Crippen LogP contribution in [0.5, 0.6) is 0 Å². The van der Waals surface area contributed by atoms with Crippen LogP contribution in [0.2, 0.25) is 5.02 Å². The van der Waals surface area contributed by atoms with Crippen LogP contribution in [0.3, 0.4) is 0 Å². The summed E-state index contributed by atoms with van der Waals surface area (Å²) in [6.07, 6.45) is 2.84. The van der Waals surface area contributed by atoms with E-state index in [1.165, 1.54) is 0 Å². The lowest BCUT2D eigenvalue weighted by Gasteiger charge is -2.34. The molecule has 1 amide bonds. The van der Waals surface area contributed by atoms with Gasteiger partial charge in [0.15, 0.2) is 0 Å². The zero-order valence-corrected chi connectivity index (χ0v) is 13.7. The van der Waals surface area contributed by atoms with Crippen LogP contribution >= 0.6 is 11.6 Å². The van der Waals surface area contributed by atoms with Crippen molar-refractivity contribution in [1.82, 2.24) is 4.90 Å². The van der Waals surface area contributed by atoms with Gasteiger partial charge >= 0.3 is 5.97 Å². The first kappa shape index (κ1) is 16.3. The molecule has 2 N–H and O–H groups in total. The van der Waals surface area contributed by atoms with E-state index < -0.39 is 5.97 Å². The quantitative estimate of drug-likeness (QED) is 0.867. The molecule has 2 aliphatic rings. The average molecular weight is 337 g/mol. The number of piperidine rings is 1.